The number of hydrogen-bond donors (Lipinski definition) is 3. The lowest BCUT2D eigenvalue weighted by molar-refractivity contribution is 0.0660. The number of halogens is 1. The van der Waals surface area contributed by atoms with Crippen LogP contribution in [0.4, 0.5) is 10.2 Å². The number of carbonyl (C=O) groups excluding carboxylic acids is 2. The van der Waals surface area contributed by atoms with Crippen molar-refractivity contribution < 1.29 is 19.1 Å². The van der Waals surface area contributed by atoms with E-state index >= 15 is 0 Å². The predicted molar refractivity (Wildman–Crippen MR) is 130 cm³/mol. The van der Waals surface area contributed by atoms with Crippen LogP contribution in [0.2, 0.25) is 0 Å². The summed E-state index contributed by atoms with van der Waals surface area (Å²) in [5.74, 6) is 0.0241. The van der Waals surface area contributed by atoms with Gasteiger partial charge in [0.2, 0.25) is 0 Å². The molecule has 2 aromatic rings. The number of thiazole rings is 1. The second-order valence-corrected chi connectivity index (χ2v) is 10.8. The summed E-state index contributed by atoms with van der Waals surface area (Å²) in [6.07, 6.45) is 4.90. The molecule has 2 amide bonds. The van der Waals surface area contributed by atoms with Crippen LogP contribution in [0.5, 0.6) is 0 Å². The van der Waals surface area contributed by atoms with Crippen LogP contribution in [0.3, 0.4) is 0 Å². The Morgan fingerprint density at radius 2 is 1.97 bits per heavy atom. The first-order valence-electron chi connectivity index (χ1n) is 11.8. The Bertz CT molecular complexity index is 1060. The van der Waals surface area contributed by atoms with Gasteiger partial charge in [0.15, 0.2) is 5.01 Å². The van der Waals surface area contributed by atoms with Crippen molar-refractivity contribution in [3.63, 3.8) is 0 Å². The molecule has 0 unspecified atom stereocenters. The molecule has 3 heterocycles. The van der Waals surface area contributed by atoms with E-state index in [1.54, 1.807) is 24.9 Å². The number of aromatic nitrogens is 2. The number of hydrogen-bond acceptors (Lipinski definition) is 7. The Kier molecular flexibility index (Phi) is 7.18. The Labute approximate surface area is 203 Å². The van der Waals surface area contributed by atoms with Gasteiger partial charge < -0.3 is 20.6 Å². The maximum atomic E-state index is 13.6. The minimum absolute atomic E-state index is 0.0517. The van der Waals surface area contributed by atoms with Crippen LogP contribution < -0.4 is 10.6 Å². The minimum Gasteiger partial charge on any atom is -0.389 e. The average Bonchev–Trinajstić information content (AvgIpc) is 3.19. The van der Waals surface area contributed by atoms with Crippen molar-refractivity contribution in [3.8, 4) is 10.4 Å². The first-order chi connectivity index (χ1) is 16.1. The Hall–Kier alpha value is -2.59. The van der Waals surface area contributed by atoms with Gasteiger partial charge in [0.05, 0.1) is 10.5 Å². The lowest BCUT2D eigenvalue weighted by atomic mass is 9.93. The molecule has 2 fully saturated rings. The van der Waals surface area contributed by atoms with Crippen LogP contribution in [0.15, 0.2) is 12.3 Å². The Morgan fingerprint density at radius 1 is 1.26 bits per heavy atom. The molecule has 4 rings (SSSR count). The second kappa shape index (κ2) is 9.95. The molecule has 1 saturated heterocycles. The van der Waals surface area contributed by atoms with Crippen molar-refractivity contribution >= 4 is 29.0 Å². The molecule has 1 aliphatic heterocycles. The van der Waals surface area contributed by atoms with Gasteiger partial charge in [-0.15, -0.1) is 11.3 Å². The maximum Gasteiger partial charge on any atom is 0.280 e. The molecule has 0 bridgehead atoms. The van der Waals surface area contributed by atoms with Crippen LogP contribution in [0.1, 0.15) is 71.8 Å². The van der Waals surface area contributed by atoms with Crippen molar-refractivity contribution in [1.29, 1.82) is 0 Å². The number of nitrogens with one attached hydrogen (secondary N) is 2. The van der Waals surface area contributed by atoms with Gasteiger partial charge in [0.25, 0.3) is 11.8 Å². The third kappa shape index (κ3) is 5.72. The molecule has 1 aliphatic carbocycles. The van der Waals surface area contributed by atoms with E-state index in [0.29, 0.717) is 36.9 Å². The van der Waals surface area contributed by atoms with E-state index in [9.17, 15) is 19.1 Å². The fourth-order valence-corrected chi connectivity index (χ4v) is 5.00. The zero-order valence-electron chi connectivity index (χ0n) is 19.9. The fraction of sp³-hybridized carbons (Fsp3) is 0.583. The monoisotopic (exact) mass is 489 g/mol. The second-order valence-electron chi connectivity index (χ2n) is 9.82. The van der Waals surface area contributed by atoms with Crippen LogP contribution in [0.25, 0.3) is 10.4 Å². The summed E-state index contributed by atoms with van der Waals surface area (Å²) in [5.41, 5.74) is 0.761. The van der Waals surface area contributed by atoms with Crippen molar-refractivity contribution in [3.05, 3.63) is 28.5 Å². The van der Waals surface area contributed by atoms with Gasteiger partial charge in [-0.3, -0.25) is 9.59 Å². The van der Waals surface area contributed by atoms with Gasteiger partial charge >= 0.3 is 0 Å². The molecule has 2 aromatic heterocycles. The third-order valence-corrected chi connectivity index (χ3v) is 7.32. The average molecular weight is 490 g/mol. The molecule has 8 nitrogen and oxygen atoms in total. The van der Waals surface area contributed by atoms with E-state index < -0.39 is 17.7 Å². The molecule has 0 spiro atoms. The number of amides is 2. The molecule has 2 aliphatic rings. The first-order valence-corrected chi connectivity index (χ1v) is 12.6. The van der Waals surface area contributed by atoms with E-state index in [4.69, 9.17) is 0 Å². The van der Waals surface area contributed by atoms with Crippen molar-refractivity contribution in [2.45, 2.75) is 70.7 Å². The minimum atomic E-state index is -1.07. The van der Waals surface area contributed by atoms with Crippen LogP contribution >= 0.6 is 11.3 Å². The largest absolute Gasteiger partial charge is 0.389 e. The number of anilines is 1. The number of piperidine rings is 1. The SMILES string of the molecule is Cc1cc(NC2CCC2)ncc1-c1sc(C(=O)NCC(C)(C)O)nc1C(=O)N1CCC(F)CC1. The summed E-state index contributed by atoms with van der Waals surface area (Å²) in [5, 5.41) is 16.2. The van der Waals surface area contributed by atoms with E-state index in [-0.39, 0.29) is 23.2 Å². The highest BCUT2D eigenvalue weighted by Crippen LogP contribution is 2.35. The number of pyridine rings is 1. The lowest BCUT2D eigenvalue weighted by Crippen LogP contribution is -2.39. The zero-order chi connectivity index (χ0) is 24.5. The number of aryl methyl sites for hydroxylation is 1. The van der Waals surface area contributed by atoms with Gasteiger partial charge in [-0.1, -0.05) is 0 Å². The van der Waals surface area contributed by atoms with Crippen molar-refractivity contribution in [2.75, 3.05) is 25.0 Å². The summed E-state index contributed by atoms with van der Waals surface area (Å²) >= 11 is 1.13. The van der Waals surface area contributed by atoms with Gasteiger partial charge in [-0.2, -0.15) is 0 Å². The summed E-state index contributed by atoms with van der Waals surface area (Å²) < 4.78 is 13.6. The topological polar surface area (TPSA) is 107 Å². The van der Waals surface area contributed by atoms with Crippen LogP contribution in [-0.2, 0) is 0 Å². The third-order valence-electron chi connectivity index (χ3n) is 6.23. The van der Waals surface area contributed by atoms with E-state index in [1.807, 2.05) is 13.0 Å². The molecular formula is C24H32FN5O3S. The zero-order valence-corrected chi connectivity index (χ0v) is 20.7. The molecule has 1 saturated carbocycles. The number of alkyl halides is 1. The lowest BCUT2D eigenvalue weighted by Gasteiger charge is -2.28. The first kappa shape index (κ1) is 24.5. The predicted octanol–water partition coefficient (Wildman–Crippen LogP) is 3.55. The number of likely N-dealkylation sites (tertiary alicyclic amines) is 1. The fourth-order valence-electron chi connectivity index (χ4n) is 3.95. The normalized spacial score (nSPS) is 17.4. The number of aliphatic hydroxyl groups is 1. The van der Waals surface area contributed by atoms with E-state index in [2.05, 4.69) is 20.6 Å². The smallest absolute Gasteiger partial charge is 0.280 e. The number of nitrogens with zero attached hydrogens (tertiary/aromatic N) is 3. The quantitative estimate of drug-likeness (QED) is 0.549. The summed E-state index contributed by atoms with van der Waals surface area (Å²) in [6, 6.07) is 2.40. The van der Waals surface area contributed by atoms with Crippen molar-refractivity contribution in [2.24, 2.45) is 0 Å². The molecule has 0 atom stereocenters. The highest BCUT2D eigenvalue weighted by molar-refractivity contribution is 7.17. The van der Waals surface area contributed by atoms with Crippen LogP contribution in [-0.4, -0.2) is 69.2 Å². The molecule has 34 heavy (non-hydrogen) atoms. The highest BCUT2D eigenvalue weighted by atomic mass is 32.1. The number of carbonyl (C=O) groups is 2. The maximum absolute atomic E-state index is 13.6. The molecule has 0 radical (unpaired) electrons. The number of rotatable bonds is 7. The van der Waals surface area contributed by atoms with Gasteiger partial charge in [-0.05, 0) is 64.5 Å². The Morgan fingerprint density at radius 3 is 2.56 bits per heavy atom. The molecule has 3 N–H and O–H groups in total. The van der Waals surface area contributed by atoms with Gasteiger partial charge in [-0.25, -0.2) is 14.4 Å². The summed E-state index contributed by atoms with van der Waals surface area (Å²) in [4.78, 5) is 37.2. The van der Waals surface area contributed by atoms with Crippen molar-refractivity contribution in [1.82, 2.24) is 20.2 Å². The molecule has 184 valence electrons. The molecular weight excluding hydrogens is 457 g/mol. The van der Waals surface area contributed by atoms with Gasteiger partial charge in [0, 0.05) is 37.4 Å². The Balaban J connectivity index is 1.64. The van der Waals surface area contributed by atoms with Gasteiger partial charge in [0.1, 0.15) is 17.7 Å². The summed E-state index contributed by atoms with van der Waals surface area (Å²) in [7, 11) is 0. The highest BCUT2D eigenvalue weighted by Gasteiger charge is 2.30. The van der Waals surface area contributed by atoms with E-state index in [0.717, 1.165) is 41.1 Å². The summed E-state index contributed by atoms with van der Waals surface area (Å²) in [6.45, 7) is 5.82. The standard InChI is InChI=1S/C24H32FN5O3S/c1-14-11-18(28-16-5-4-6-16)26-12-17(14)20-19(23(32)30-9-7-15(25)8-10-30)29-22(34-20)21(31)27-13-24(2,3)33/h11-12,15-16,33H,4-10,13H2,1-3H3,(H,26,28)(H,27,31). The van der Waals surface area contributed by atoms with Crippen LogP contribution in [0, 0.1) is 6.92 Å². The van der Waals surface area contributed by atoms with E-state index in [1.165, 1.54) is 6.42 Å². The molecule has 10 heteroatoms. The molecule has 0 aromatic carbocycles.